The van der Waals surface area contributed by atoms with Crippen LogP contribution in [0.15, 0.2) is 51.7 Å². The molecular formula is C18H15ClN2O5S. The van der Waals surface area contributed by atoms with Gasteiger partial charge in [-0.3, -0.25) is 14.5 Å². The summed E-state index contributed by atoms with van der Waals surface area (Å²) in [4.78, 5) is 30.2. The molecule has 0 fully saturated rings. The van der Waals surface area contributed by atoms with Crippen LogP contribution in [-0.4, -0.2) is 37.0 Å². The van der Waals surface area contributed by atoms with Gasteiger partial charge in [0.15, 0.2) is 5.17 Å². The second-order valence-electron chi connectivity index (χ2n) is 5.26. The van der Waals surface area contributed by atoms with E-state index in [1.165, 1.54) is 31.5 Å². The van der Waals surface area contributed by atoms with Crippen LogP contribution >= 0.6 is 23.4 Å². The van der Waals surface area contributed by atoms with Crippen molar-refractivity contribution in [3.05, 3.63) is 53.1 Å². The highest BCUT2D eigenvalue weighted by molar-refractivity contribution is 8.14. The van der Waals surface area contributed by atoms with Gasteiger partial charge in [-0.1, -0.05) is 23.4 Å². The van der Waals surface area contributed by atoms with Crippen LogP contribution < -0.4 is 9.64 Å². The topological polar surface area (TPSA) is 81.3 Å². The molecule has 1 aromatic heterocycles. The number of amides is 1. The average molecular weight is 407 g/mol. The van der Waals surface area contributed by atoms with Crippen molar-refractivity contribution < 1.29 is 23.5 Å². The van der Waals surface area contributed by atoms with Crippen LogP contribution in [0.5, 0.6) is 5.75 Å². The Balaban J connectivity index is 1.96. The Morgan fingerprint density at radius 3 is 2.81 bits per heavy atom. The first-order valence-electron chi connectivity index (χ1n) is 7.75. The highest BCUT2D eigenvalue weighted by atomic mass is 35.5. The molecule has 9 heteroatoms. The second-order valence-corrected chi connectivity index (χ2v) is 6.61. The number of thioether (sulfide) groups is 1. The molecule has 1 amide bonds. The number of esters is 1. The lowest BCUT2D eigenvalue weighted by molar-refractivity contribution is -0.137. The third kappa shape index (κ3) is 4.17. The highest BCUT2D eigenvalue weighted by Crippen LogP contribution is 2.34. The fourth-order valence-corrected chi connectivity index (χ4v) is 3.40. The van der Waals surface area contributed by atoms with Gasteiger partial charge in [0.25, 0.3) is 5.91 Å². The van der Waals surface area contributed by atoms with E-state index in [0.29, 0.717) is 27.4 Å². The summed E-state index contributed by atoms with van der Waals surface area (Å²) >= 11 is 7.28. The summed E-state index contributed by atoms with van der Waals surface area (Å²) in [5.41, 5.74) is 0.689. The van der Waals surface area contributed by atoms with Crippen molar-refractivity contribution in [2.24, 2.45) is 4.99 Å². The standard InChI is InChI=1S/C18H15ClN2O5S/c1-24-15-6-5-11(8-13(15)19)21-17(23)14(9-12-4-3-7-26-12)20-18(21)27-10-16(22)25-2/h3-9H,10H2,1-2H3/b14-9-. The van der Waals surface area contributed by atoms with Crippen LogP contribution in [0.3, 0.4) is 0 Å². The monoisotopic (exact) mass is 406 g/mol. The Morgan fingerprint density at radius 2 is 2.19 bits per heavy atom. The quantitative estimate of drug-likeness (QED) is 0.557. The molecule has 0 aliphatic carbocycles. The van der Waals surface area contributed by atoms with E-state index < -0.39 is 5.97 Å². The maximum atomic E-state index is 12.9. The van der Waals surface area contributed by atoms with Gasteiger partial charge < -0.3 is 13.9 Å². The number of benzene rings is 1. The third-order valence-electron chi connectivity index (χ3n) is 3.59. The molecule has 1 aromatic carbocycles. The number of anilines is 1. The smallest absolute Gasteiger partial charge is 0.316 e. The van der Waals surface area contributed by atoms with Crippen LogP contribution in [0.4, 0.5) is 5.69 Å². The molecule has 2 aromatic rings. The highest BCUT2D eigenvalue weighted by Gasteiger charge is 2.33. The first-order chi connectivity index (χ1) is 13.0. The van der Waals surface area contributed by atoms with Gasteiger partial charge in [0.05, 0.1) is 36.9 Å². The van der Waals surface area contributed by atoms with Crippen molar-refractivity contribution in [3.63, 3.8) is 0 Å². The largest absolute Gasteiger partial charge is 0.495 e. The van der Waals surface area contributed by atoms with Crippen LogP contribution in [0.2, 0.25) is 5.02 Å². The number of carbonyl (C=O) groups excluding carboxylic acids is 2. The lowest BCUT2D eigenvalue weighted by Gasteiger charge is -2.18. The number of hydrogen-bond donors (Lipinski definition) is 0. The summed E-state index contributed by atoms with van der Waals surface area (Å²) in [6.45, 7) is 0. The molecule has 0 atom stereocenters. The first kappa shape index (κ1) is 19.1. The van der Waals surface area contributed by atoms with Crippen LogP contribution in [0.25, 0.3) is 6.08 Å². The fraction of sp³-hybridized carbons (Fsp3) is 0.167. The maximum Gasteiger partial charge on any atom is 0.316 e. The maximum absolute atomic E-state index is 12.9. The molecule has 140 valence electrons. The summed E-state index contributed by atoms with van der Waals surface area (Å²) < 4.78 is 15.0. The van der Waals surface area contributed by atoms with Gasteiger partial charge >= 0.3 is 5.97 Å². The number of rotatable bonds is 5. The minimum atomic E-state index is -0.425. The van der Waals surface area contributed by atoms with Gasteiger partial charge in [0.1, 0.15) is 17.2 Å². The number of methoxy groups -OCH3 is 2. The van der Waals surface area contributed by atoms with Crippen molar-refractivity contribution in [3.8, 4) is 5.75 Å². The number of halogens is 1. The number of ether oxygens (including phenoxy) is 2. The van der Waals surface area contributed by atoms with E-state index in [9.17, 15) is 9.59 Å². The lowest BCUT2D eigenvalue weighted by Crippen LogP contribution is -2.30. The third-order valence-corrected chi connectivity index (χ3v) is 4.80. The van der Waals surface area contributed by atoms with Crippen molar-refractivity contribution >= 4 is 52.2 Å². The molecule has 2 heterocycles. The molecule has 0 unspecified atom stereocenters. The van der Waals surface area contributed by atoms with Gasteiger partial charge in [0, 0.05) is 6.08 Å². The zero-order valence-electron chi connectivity index (χ0n) is 14.5. The zero-order chi connectivity index (χ0) is 19.4. The summed E-state index contributed by atoms with van der Waals surface area (Å²) in [6, 6.07) is 8.37. The van der Waals surface area contributed by atoms with Gasteiger partial charge in [-0.05, 0) is 30.3 Å². The number of carbonyl (C=O) groups is 2. The molecule has 0 saturated heterocycles. The molecule has 0 N–H and O–H groups in total. The predicted octanol–water partition coefficient (Wildman–Crippen LogP) is 3.59. The number of amidine groups is 1. The predicted molar refractivity (Wildman–Crippen MR) is 104 cm³/mol. The summed E-state index contributed by atoms with van der Waals surface area (Å²) in [7, 11) is 2.80. The SMILES string of the molecule is COC(=O)CSC1=N/C(=C\c2ccco2)C(=O)N1c1ccc(OC)c(Cl)c1. The van der Waals surface area contributed by atoms with Crippen molar-refractivity contribution in [2.75, 3.05) is 24.9 Å². The van der Waals surface area contributed by atoms with Crippen molar-refractivity contribution in [2.45, 2.75) is 0 Å². The van der Waals surface area contributed by atoms with Gasteiger partial charge in [-0.25, -0.2) is 4.99 Å². The molecule has 0 spiro atoms. The minimum Gasteiger partial charge on any atom is -0.495 e. The Morgan fingerprint density at radius 1 is 1.37 bits per heavy atom. The number of hydrogen-bond acceptors (Lipinski definition) is 7. The first-order valence-corrected chi connectivity index (χ1v) is 9.11. The van der Waals surface area contributed by atoms with Crippen LogP contribution in [-0.2, 0) is 14.3 Å². The average Bonchev–Trinajstić information content (AvgIpc) is 3.28. The van der Waals surface area contributed by atoms with Gasteiger partial charge in [0.2, 0.25) is 0 Å². The molecule has 1 aliphatic heterocycles. The van der Waals surface area contributed by atoms with E-state index in [1.807, 2.05) is 0 Å². The van der Waals surface area contributed by atoms with E-state index in [1.54, 1.807) is 30.3 Å². The summed E-state index contributed by atoms with van der Waals surface area (Å²) in [6.07, 6.45) is 3.04. The molecule has 27 heavy (non-hydrogen) atoms. The Kier molecular flexibility index (Phi) is 5.88. The molecule has 1 aliphatic rings. The number of aliphatic imine (C=N–C) groups is 1. The van der Waals surface area contributed by atoms with Gasteiger partial charge in [-0.15, -0.1) is 0 Å². The molecule has 0 bridgehead atoms. The van der Waals surface area contributed by atoms with Crippen LogP contribution in [0, 0.1) is 0 Å². The zero-order valence-corrected chi connectivity index (χ0v) is 16.0. The molecule has 0 saturated carbocycles. The molecule has 3 rings (SSSR count). The molecular weight excluding hydrogens is 392 g/mol. The minimum absolute atomic E-state index is 0.0109. The van der Waals surface area contributed by atoms with E-state index >= 15 is 0 Å². The van der Waals surface area contributed by atoms with Crippen LogP contribution in [0.1, 0.15) is 5.76 Å². The van der Waals surface area contributed by atoms with E-state index in [4.69, 9.17) is 20.8 Å². The van der Waals surface area contributed by atoms with E-state index in [-0.39, 0.29) is 17.4 Å². The molecule has 7 nitrogen and oxygen atoms in total. The van der Waals surface area contributed by atoms with Gasteiger partial charge in [-0.2, -0.15) is 0 Å². The molecule has 0 radical (unpaired) electrons. The summed E-state index contributed by atoms with van der Waals surface area (Å²) in [5.74, 6) is 0.205. The number of nitrogens with zero attached hydrogens (tertiary/aromatic N) is 2. The lowest BCUT2D eigenvalue weighted by atomic mass is 10.2. The van der Waals surface area contributed by atoms with E-state index in [0.717, 1.165) is 11.8 Å². The second kappa shape index (κ2) is 8.32. The number of furan rings is 1. The normalized spacial score (nSPS) is 15.2. The fourth-order valence-electron chi connectivity index (χ4n) is 2.31. The van der Waals surface area contributed by atoms with E-state index in [2.05, 4.69) is 9.73 Å². The summed E-state index contributed by atoms with van der Waals surface area (Å²) in [5, 5.41) is 0.688. The Bertz CT molecular complexity index is 924. The Hall–Kier alpha value is -2.71. The Labute approximate surface area is 164 Å². The van der Waals surface area contributed by atoms with Crippen molar-refractivity contribution in [1.29, 1.82) is 0 Å². The van der Waals surface area contributed by atoms with Crippen molar-refractivity contribution in [1.82, 2.24) is 0 Å².